The molecule has 0 heterocycles. The number of benzene rings is 1. The largest absolute Gasteiger partial charge is 0.381 e. The molecule has 0 radical (unpaired) electrons. The molecule has 0 spiro atoms. The molecule has 90 valence electrons. The Bertz CT molecular complexity index is 477. The van der Waals surface area contributed by atoms with Crippen molar-refractivity contribution in [1.82, 2.24) is 0 Å². The van der Waals surface area contributed by atoms with Gasteiger partial charge in [-0.2, -0.15) is 5.26 Å². The molecule has 1 aromatic rings. The molecule has 0 unspecified atom stereocenters. The highest BCUT2D eigenvalue weighted by molar-refractivity contribution is 9.10. The summed E-state index contributed by atoms with van der Waals surface area (Å²) >= 11 is 3.07. The number of hydrogen-bond donors (Lipinski definition) is 2. The molecule has 0 aromatic heterocycles. The minimum atomic E-state index is -0.438. The molecule has 0 bridgehead atoms. The van der Waals surface area contributed by atoms with Gasteiger partial charge in [-0.15, -0.1) is 0 Å². The topological polar surface area (TPSA) is 61.8 Å². The Kier molecular flexibility index (Phi) is 3.36. The Labute approximate surface area is 108 Å². The summed E-state index contributed by atoms with van der Waals surface area (Å²) in [5.41, 5.74) is 6.52. The summed E-state index contributed by atoms with van der Waals surface area (Å²) in [7, 11) is 0. The molecule has 0 aliphatic heterocycles. The van der Waals surface area contributed by atoms with Crippen molar-refractivity contribution in [2.45, 2.75) is 24.8 Å². The smallest absolute Gasteiger partial charge is 0.161 e. The van der Waals surface area contributed by atoms with E-state index in [1.807, 2.05) is 6.07 Å². The van der Waals surface area contributed by atoms with Crippen LogP contribution in [-0.4, -0.2) is 12.1 Å². The van der Waals surface area contributed by atoms with Crippen LogP contribution in [0.15, 0.2) is 16.6 Å². The maximum atomic E-state index is 13.8. The van der Waals surface area contributed by atoms with E-state index in [1.165, 1.54) is 0 Å². The number of hydrogen-bond acceptors (Lipinski definition) is 3. The van der Waals surface area contributed by atoms with Crippen LogP contribution in [0.1, 0.15) is 24.8 Å². The lowest BCUT2D eigenvalue weighted by molar-refractivity contribution is 0.265. The number of anilines is 1. The molecular weight excluding hydrogens is 285 g/mol. The van der Waals surface area contributed by atoms with E-state index in [9.17, 15) is 4.39 Å². The summed E-state index contributed by atoms with van der Waals surface area (Å²) in [6.07, 6.45) is 3.08. The van der Waals surface area contributed by atoms with Crippen molar-refractivity contribution in [3.63, 3.8) is 0 Å². The molecule has 0 atom stereocenters. The first kappa shape index (κ1) is 12.3. The zero-order valence-electron chi connectivity index (χ0n) is 9.26. The predicted octanol–water partition coefficient (Wildman–Crippen LogP) is 2.75. The molecule has 2 rings (SSSR count). The van der Waals surface area contributed by atoms with Gasteiger partial charge in [0.25, 0.3) is 0 Å². The lowest BCUT2D eigenvalue weighted by Gasteiger charge is -2.38. The summed E-state index contributed by atoms with van der Waals surface area (Å²) in [6.45, 7) is 0.558. The highest BCUT2D eigenvalue weighted by atomic mass is 79.9. The van der Waals surface area contributed by atoms with Crippen LogP contribution in [0.4, 0.5) is 10.1 Å². The molecular formula is C12H13BrFN3. The molecule has 0 amide bonds. The Morgan fingerprint density at radius 3 is 2.76 bits per heavy atom. The van der Waals surface area contributed by atoms with Gasteiger partial charge in [0.15, 0.2) is 5.82 Å². The lowest BCUT2D eigenvalue weighted by Crippen LogP contribution is -2.52. The third-order valence-electron chi connectivity index (χ3n) is 3.18. The quantitative estimate of drug-likeness (QED) is 0.902. The van der Waals surface area contributed by atoms with Crippen molar-refractivity contribution in [3.05, 3.63) is 28.0 Å². The van der Waals surface area contributed by atoms with E-state index in [0.29, 0.717) is 17.8 Å². The first-order valence-electron chi connectivity index (χ1n) is 5.47. The van der Waals surface area contributed by atoms with Crippen molar-refractivity contribution in [2.75, 3.05) is 11.9 Å². The number of rotatable bonds is 3. The van der Waals surface area contributed by atoms with E-state index in [2.05, 4.69) is 21.2 Å². The summed E-state index contributed by atoms with van der Waals surface area (Å²) in [6, 6.07) is 5.07. The molecule has 3 N–H and O–H groups in total. The molecule has 1 saturated carbocycles. The number of nitrogens with two attached hydrogens (primary N) is 1. The molecule has 1 aliphatic carbocycles. The third kappa shape index (κ3) is 2.43. The van der Waals surface area contributed by atoms with Crippen LogP contribution >= 0.6 is 15.9 Å². The standard InChI is InChI=1S/C12H13BrFN3/c13-10-8(6-15)2-3-9(11(10)14)17-7-12(16)4-1-5-12/h2-3,17H,1,4-5,7,16H2. The van der Waals surface area contributed by atoms with Crippen molar-refractivity contribution < 1.29 is 4.39 Å². The van der Waals surface area contributed by atoms with E-state index in [-0.39, 0.29) is 10.0 Å². The van der Waals surface area contributed by atoms with E-state index in [0.717, 1.165) is 19.3 Å². The van der Waals surface area contributed by atoms with Gasteiger partial charge in [-0.25, -0.2) is 4.39 Å². The van der Waals surface area contributed by atoms with Crippen LogP contribution in [0, 0.1) is 17.1 Å². The fourth-order valence-electron chi connectivity index (χ4n) is 1.85. The van der Waals surface area contributed by atoms with Gasteiger partial charge in [-0.3, -0.25) is 0 Å². The number of nitrogens with one attached hydrogen (secondary N) is 1. The van der Waals surface area contributed by atoms with E-state index in [1.54, 1.807) is 12.1 Å². The lowest BCUT2D eigenvalue weighted by atomic mass is 9.78. The summed E-state index contributed by atoms with van der Waals surface area (Å²) in [5, 5.41) is 11.8. The molecule has 17 heavy (non-hydrogen) atoms. The van der Waals surface area contributed by atoms with Crippen LogP contribution in [0.3, 0.4) is 0 Å². The average molecular weight is 298 g/mol. The molecule has 5 heteroatoms. The third-order valence-corrected chi connectivity index (χ3v) is 3.96. The molecule has 1 aromatic carbocycles. The predicted molar refractivity (Wildman–Crippen MR) is 68.1 cm³/mol. The maximum Gasteiger partial charge on any atom is 0.161 e. The fraction of sp³-hybridized carbons (Fsp3) is 0.417. The number of halogens is 2. The maximum absolute atomic E-state index is 13.8. The molecule has 1 fully saturated rings. The summed E-state index contributed by atoms with van der Waals surface area (Å²) < 4.78 is 14.0. The molecule has 1 aliphatic rings. The van der Waals surface area contributed by atoms with Gasteiger partial charge in [0, 0.05) is 12.1 Å². The van der Waals surface area contributed by atoms with Gasteiger partial charge < -0.3 is 11.1 Å². The van der Waals surface area contributed by atoms with Crippen LogP contribution in [-0.2, 0) is 0 Å². The van der Waals surface area contributed by atoms with E-state index in [4.69, 9.17) is 11.0 Å². The Balaban J connectivity index is 2.12. The zero-order valence-corrected chi connectivity index (χ0v) is 10.8. The highest BCUT2D eigenvalue weighted by Gasteiger charge is 2.32. The van der Waals surface area contributed by atoms with Crippen molar-refractivity contribution in [3.8, 4) is 6.07 Å². The minimum Gasteiger partial charge on any atom is -0.381 e. The SMILES string of the molecule is N#Cc1ccc(NCC2(N)CCC2)c(F)c1Br. The van der Waals surface area contributed by atoms with Crippen molar-refractivity contribution >= 4 is 21.6 Å². The number of nitrogens with zero attached hydrogens (tertiary/aromatic N) is 1. The highest BCUT2D eigenvalue weighted by Crippen LogP contribution is 2.31. The zero-order chi connectivity index (χ0) is 12.5. The van der Waals surface area contributed by atoms with E-state index < -0.39 is 5.82 Å². The van der Waals surface area contributed by atoms with Gasteiger partial charge in [-0.05, 0) is 47.3 Å². The Morgan fingerprint density at radius 1 is 1.53 bits per heavy atom. The second-order valence-corrected chi connectivity index (χ2v) is 5.26. The fourth-order valence-corrected chi connectivity index (χ4v) is 2.29. The van der Waals surface area contributed by atoms with Gasteiger partial charge in [0.1, 0.15) is 6.07 Å². The van der Waals surface area contributed by atoms with Crippen molar-refractivity contribution in [1.29, 1.82) is 5.26 Å². The Morgan fingerprint density at radius 2 is 2.24 bits per heavy atom. The van der Waals surface area contributed by atoms with E-state index >= 15 is 0 Å². The molecule has 3 nitrogen and oxygen atoms in total. The van der Waals surface area contributed by atoms with Crippen LogP contribution in [0.25, 0.3) is 0 Å². The monoisotopic (exact) mass is 297 g/mol. The minimum absolute atomic E-state index is 0.199. The van der Waals surface area contributed by atoms with Crippen LogP contribution in [0.5, 0.6) is 0 Å². The van der Waals surface area contributed by atoms with Gasteiger partial charge in [-0.1, -0.05) is 0 Å². The normalized spacial score (nSPS) is 17.1. The Hall–Kier alpha value is -1.12. The van der Waals surface area contributed by atoms with Gasteiger partial charge in [0.2, 0.25) is 0 Å². The molecule has 0 saturated heterocycles. The first-order chi connectivity index (χ1) is 8.06. The second-order valence-electron chi connectivity index (χ2n) is 4.47. The van der Waals surface area contributed by atoms with Gasteiger partial charge >= 0.3 is 0 Å². The first-order valence-corrected chi connectivity index (χ1v) is 6.26. The summed E-state index contributed by atoms with van der Waals surface area (Å²) in [4.78, 5) is 0. The van der Waals surface area contributed by atoms with Gasteiger partial charge in [0.05, 0.1) is 15.7 Å². The van der Waals surface area contributed by atoms with Crippen LogP contribution in [0.2, 0.25) is 0 Å². The second kappa shape index (κ2) is 4.63. The van der Waals surface area contributed by atoms with Crippen molar-refractivity contribution in [2.24, 2.45) is 5.73 Å². The number of nitriles is 1. The van der Waals surface area contributed by atoms with Crippen LogP contribution < -0.4 is 11.1 Å². The average Bonchev–Trinajstić information content (AvgIpc) is 2.29. The summed E-state index contributed by atoms with van der Waals surface area (Å²) in [5.74, 6) is -0.438.